The first-order chi connectivity index (χ1) is 9.23. The summed E-state index contributed by atoms with van der Waals surface area (Å²) in [6, 6.07) is 11.2. The number of benzene rings is 1. The Balaban J connectivity index is 2.17. The molecular weight excluding hydrogens is 230 g/mol. The van der Waals surface area contributed by atoms with Crippen molar-refractivity contribution in [3.05, 3.63) is 35.9 Å². The van der Waals surface area contributed by atoms with E-state index >= 15 is 0 Å². The molecule has 0 spiro atoms. The van der Waals surface area contributed by atoms with E-state index in [-0.39, 0.29) is 5.41 Å². The lowest BCUT2D eigenvalue weighted by Crippen LogP contribution is -2.45. The fourth-order valence-corrected chi connectivity index (χ4v) is 4.00. The zero-order valence-electron chi connectivity index (χ0n) is 12.6. The van der Waals surface area contributed by atoms with E-state index in [1.807, 2.05) is 0 Å². The zero-order valence-corrected chi connectivity index (χ0v) is 12.6. The van der Waals surface area contributed by atoms with Gasteiger partial charge in [0, 0.05) is 11.5 Å². The SMILES string of the molecule is CCC(CC)(c1ccccc1)C(N)CC1CCCC1. The van der Waals surface area contributed by atoms with Crippen LogP contribution in [0.1, 0.15) is 64.4 Å². The molecule has 1 saturated carbocycles. The fraction of sp³-hybridized carbons (Fsp3) is 0.667. The van der Waals surface area contributed by atoms with Crippen LogP contribution in [0, 0.1) is 5.92 Å². The number of hydrogen-bond donors (Lipinski definition) is 1. The highest BCUT2D eigenvalue weighted by Gasteiger charge is 2.36. The van der Waals surface area contributed by atoms with Crippen LogP contribution in [-0.2, 0) is 5.41 Å². The van der Waals surface area contributed by atoms with Crippen LogP contribution < -0.4 is 5.73 Å². The predicted molar refractivity (Wildman–Crippen MR) is 83.3 cm³/mol. The second-order valence-electron chi connectivity index (χ2n) is 6.22. The summed E-state index contributed by atoms with van der Waals surface area (Å²) >= 11 is 0. The van der Waals surface area contributed by atoms with E-state index in [1.165, 1.54) is 37.7 Å². The van der Waals surface area contributed by atoms with Crippen LogP contribution in [0.4, 0.5) is 0 Å². The third kappa shape index (κ3) is 3.02. The van der Waals surface area contributed by atoms with Gasteiger partial charge in [0.15, 0.2) is 0 Å². The van der Waals surface area contributed by atoms with Gasteiger partial charge in [-0.15, -0.1) is 0 Å². The lowest BCUT2D eigenvalue weighted by molar-refractivity contribution is 0.272. The molecule has 2 N–H and O–H groups in total. The summed E-state index contributed by atoms with van der Waals surface area (Å²) in [6.07, 6.45) is 9.10. The van der Waals surface area contributed by atoms with Crippen LogP contribution in [0.15, 0.2) is 30.3 Å². The van der Waals surface area contributed by atoms with Crippen molar-refractivity contribution in [1.29, 1.82) is 0 Å². The Bertz CT molecular complexity index is 361. The van der Waals surface area contributed by atoms with Gasteiger partial charge in [0.05, 0.1) is 0 Å². The lowest BCUT2D eigenvalue weighted by atomic mass is 9.68. The lowest BCUT2D eigenvalue weighted by Gasteiger charge is -2.39. The Morgan fingerprint density at radius 2 is 1.68 bits per heavy atom. The Kier molecular flexibility index (Phi) is 5.04. The smallest absolute Gasteiger partial charge is 0.0139 e. The summed E-state index contributed by atoms with van der Waals surface area (Å²) < 4.78 is 0. The quantitative estimate of drug-likeness (QED) is 0.790. The second kappa shape index (κ2) is 6.56. The Hall–Kier alpha value is -0.820. The summed E-state index contributed by atoms with van der Waals surface area (Å²) in [6.45, 7) is 4.59. The fourth-order valence-electron chi connectivity index (χ4n) is 4.00. The monoisotopic (exact) mass is 259 g/mol. The Morgan fingerprint density at radius 1 is 1.11 bits per heavy atom. The molecule has 1 heteroatoms. The summed E-state index contributed by atoms with van der Waals surface area (Å²) in [5, 5.41) is 0. The van der Waals surface area contributed by atoms with Crippen molar-refractivity contribution in [1.82, 2.24) is 0 Å². The van der Waals surface area contributed by atoms with Crippen molar-refractivity contribution < 1.29 is 0 Å². The first-order valence-electron chi connectivity index (χ1n) is 8.04. The summed E-state index contributed by atoms with van der Waals surface area (Å²) in [7, 11) is 0. The van der Waals surface area contributed by atoms with Gasteiger partial charge < -0.3 is 5.73 Å². The molecule has 0 saturated heterocycles. The van der Waals surface area contributed by atoms with Gasteiger partial charge in [-0.05, 0) is 30.7 Å². The number of hydrogen-bond acceptors (Lipinski definition) is 1. The van der Waals surface area contributed by atoms with E-state index in [4.69, 9.17) is 5.73 Å². The van der Waals surface area contributed by atoms with Crippen molar-refractivity contribution >= 4 is 0 Å². The van der Waals surface area contributed by atoms with Gasteiger partial charge in [-0.1, -0.05) is 69.9 Å². The molecule has 1 aliphatic rings. The molecule has 1 aliphatic carbocycles. The van der Waals surface area contributed by atoms with Gasteiger partial charge in [-0.2, -0.15) is 0 Å². The minimum atomic E-state index is 0.170. The summed E-state index contributed by atoms with van der Waals surface area (Å²) in [5.74, 6) is 0.871. The Labute approximate surface area is 118 Å². The number of rotatable bonds is 6. The maximum Gasteiger partial charge on any atom is 0.0139 e. The minimum Gasteiger partial charge on any atom is -0.327 e. The first-order valence-corrected chi connectivity index (χ1v) is 8.04. The highest BCUT2D eigenvalue weighted by molar-refractivity contribution is 5.27. The molecular formula is C18H29N. The van der Waals surface area contributed by atoms with Crippen LogP contribution in [0.5, 0.6) is 0 Å². The second-order valence-corrected chi connectivity index (χ2v) is 6.22. The van der Waals surface area contributed by atoms with Crippen molar-refractivity contribution in [2.75, 3.05) is 0 Å². The molecule has 1 fully saturated rings. The van der Waals surface area contributed by atoms with Crippen LogP contribution in [-0.4, -0.2) is 6.04 Å². The average molecular weight is 259 g/mol. The largest absolute Gasteiger partial charge is 0.327 e. The normalized spacial score (nSPS) is 18.7. The molecule has 0 amide bonds. The highest BCUT2D eigenvalue weighted by Crippen LogP contribution is 2.39. The molecule has 1 atom stereocenters. The molecule has 2 rings (SSSR count). The maximum absolute atomic E-state index is 6.69. The molecule has 19 heavy (non-hydrogen) atoms. The topological polar surface area (TPSA) is 26.0 Å². The predicted octanol–water partition coefficient (Wildman–Crippen LogP) is 4.65. The van der Waals surface area contributed by atoms with Gasteiger partial charge in [0.25, 0.3) is 0 Å². The number of nitrogens with two attached hydrogens (primary N) is 1. The van der Waals surface area contributed by atoms with E-state index in [1.54, 1.807) is 0 Å². The van der Waals surface area contributed by atoms with Gasteiger partial charge in [-0.25, -0.2) is 0 Å². The van der Waals surface area contributed by atoms with E-state index in [0.717, 1.165) is 18.8 Å². The molecule has 1 nitrogen and oxygen atoms in total. The standard InChI is InChI=1S/C18H29N/c1-3-18(4-2,16-12-6-5-7-13-16)17(19)14-15-10-8-9-11-15/h5-7,12-13,15,17H,3-4,8-11,14,19H2,1-2H3. The molecule has 0 bridgehead atoms. The van der Waals surface area contributed by atoms with Crippen molar-refractivity contribution in [2.45, 2.75) is 70.3 Å². The van der Waals surface area contributed by atoms with Crippen LogP contribution >= 0.6 is 0 Å². The first kappa shape index (κ1) is 14.6. The zero-order chi connectivity index (χ0) is 13.7. The van der Waals surface area contributed by atoms with Crippen molar-refractivity contribution in [3.8, 4) is 0 Å². The molecule has 0 aromatic heterocycles. The van der Waals surface area contributed by atoms with Crippen LogP contribution in [0.25, 0.3) is 0 Å². The molecule has 1 unspecified atom stereocenters. The van der Waals surface area contributed by atoms with Gasteiger partial charge in [0.1, 0.15) is 0 Å². The third-order valence-corrected chi connectivity index (χ3v) is 5.38. The molecule has 106 valence electrons. The summed E-state index contributed by atoms with van der Waals surface area (Å²) in [5.41, 5.74) is 8.29. The van der Waals surface area contributed by atoms with Crippen LogP contribution in [0.3, 0.4) is 0 Å². The van der Waals surface area contributed by atoms with Crippen LogP contribution in [0.2, 0.25) is 0 Å². The van der Waals surface area contributed by atoms with Crippen molar-refractivity contribution in [3.63, 3.8) is 0 Å². The van der Waals surface area contributed by atoms with Gasteiger partial charge in [-0.3, -0.25) is 0 Å². The Morgan fingerprint density at radius 3 is 2.21 bits per heavy atom. The molecule has 1 aromatic rings. The third-order valence-electron chi connectivity index (χ3n) is 5.38. The van der Waals surface area contributed by atoms with Crippen molar-refractivity contribution in [2.24, 2.45) is 11.7 Å². The highest BCUT2D eigenvalue weighted by atomic mass is 14.7. The maximum atomic E-state index is 6.69. The van der Waals surface area contributed by atoms with E-state index < -0.39 is 0 Å². The minimum absolute atomic E-state index is 0.170. The molecule has 1 aromatic carbocycles. The average Bonchev–Trinajstić information content (AvgIpc) is 2.95. The summed E-state index contributed by atoms with van der Waals surface area (Å²) in [4.78, 5) is 0. The van der Waals surface area contributed by atoms with E-state index in [0.29, 0.717) is 6.04 Å². The van der Waals surface area contributed by atoms with E-state index in [9.17, 15) is 0 Å². The molecule has 0 aliphatic heterocycles. The van der Waals surface area contributed by atoms with Gasteiger partial charge in [0.2, 0.25) is 0 Å². The molecule has 0 radical (unpaired) electrons. The van der Waals surface area contributed by atoms with E-state index in [2.05, 4.69) is 44.2 Å². The van der Waals surface area contributed by atoms with Gasteiger partial charge >= 0.3 is 0 Å². The molecule has 0 heterocycles.